The quantitative estimate of drug-likeness (QED) is 0.322. The van der Waals surface area contributed by atoms with Crippen LogP contribution in [0, 0.1) is 10.1 Å². The van der Waals surface area contributed by atoms with Gasteiger partial charge in [0, 0.05) is 23.1 Å². The van der Waals surface area contributed by atoms with E-state index in [0.717, 1.165) is 11.1 Å². The van der Waals surface area contributed by atoms with Gasteiger partial charge in [-0.25, -0.2) is 4.98 Å². The summed E-state index contributed by atoms with van der Waals surface area (Å²) in [4.78, 5) is 14.7. The molecule has 0 amide bonds. The molecule has 2 N–H and O–H groups in total. The summed E-state index contributed by atoms with van der Waals surface area (Å²) >= 11 is 4.61. The number of benzene rings is 2. The summed E-state index contributed by atoms with van der Waals surface area (Å²) in [6.45, 7) is 0. The number of hydrogen-bond acceptors (Lipinski definition) is 8. The second kappa shape index (κ2) is 8.14. The van der Waals surface area contributed by atoms with Crippen LogP contribution in [0.25, 0.3) is 11.3 Å². The third-order valence-electron chi connectivity index (χ3n) is 3.52. The molecule has 3 rings (SSSR count). The number of methoxy groups -OCH3 is 1. The highest BCUT2D eigenvalue weighted by Crippen LogP contribution is 2.34. The van der Waals surface area contributed by atoms with Crippen molar-refractivity contribution < 1.29 is 14.8 Å². The van der Waals surface area contributed by atoms with Gasteiger partial charge in [0.1, 0.15) is 0 Å². The van der Waals surface area contributed by atoms with Crippen LogP contribution in [0.4, 0.5) is 10.8 Å². The summed E-state index contributed by atoms with van der Waals surface area (Å²) < 4.78 is 5.59. The minimum atomic E-state index is -0.441. The van der Waals surface area contributed by atoms with Crippen molar-refractivity contribution in [3.8, 4) is 22.8 Å². The van der Waals surface area contributed by atoms with E-state index >= 15 is 0 Å². The minimum absolute atomic E-state index is 0.0234. The van der Waals surface area contributed by atoms with Crippen LogP contribution in [0.1, 0.15) is 5.56 Å². The minimum Gasteiger partial charge on any atom is -0.503 e. The Kier molecular flexibility index (Phi) is 5.67. The van der Waals surface area contributed by atoms with Gasteiger partial charge in [0.2, 0.25) is 5.13 Å². The van der Waals surface area contributed by atoms with Crippen LogP contribution in [0.5, 0.6) is 11.5 Å². The number of halogens is 1. The van der Waals surface area contributed by atoms with E-state index in [4.69, 9.17) is 4.74 Å². The number of rotatable bonds is 6. The van der Waals surface area contributed by atoms with E-state index in [9.17, 15) is 15.2 Å². The molecule has 0 radical (unpaired) electrons. The molecule has 0 aliphatic heterocycles. The van der Waals surface area contributed by atoms with Crippen molar-refractivity contribution in [3.63, 3.8) is 0 Å². The molecule has 0 bridgehead atoms. The number of nitro benzene ring substituents is 1. The molecule has 0 atom stereocenters. The Labute approximate surface area is 166 Å². The van der Waals surface area contributed by atoms with Crippen LogP contribution < -0.4 is 10.2 Å². The zero-order chi connectivity index (χ0) is 19.4. The first kappa shape index (κ1) is 18.8. The van der Waals surface area contributed by atoms with E-state index in [1.165, 1.54) is 30.6 Å². The lowest BCUT2D eigenvalue weighted by atomic mass is 10.1. The molecule has 1 heterocycles. The Morgan fingerprint density at radius 1 is 1.37 bits per heavy atom. The molecule has 2 aromatic carbocycles. The molecule has 0 aliphatic rings. The Morgan fingerprint density at radius 3 is 2.78 bits per heavy atom. The molecule has 138 valence electrons. The van der Waals surface area contributed by atoms with Gasteiger partial charge in [-0.15, -0.1) is 11.3 Å². The van der Waals surface area contributed by atoms with E-state index in [2.05, 4.69) is 31.4 Å². The van der Waals surface area contributed by atoms with Crippen molar-refractivity contribution in [2.24, 2.45) is 5.10 Å². The number of aromatic hydroxyl groups is 1. The highest BCUT2D eigenvalue weighted by molar-refractivity contribution is 9.10. The molecule has 3 aromatic rings. The fourth-order valence-electron chi connectivity index (χ4n) is 2.20. The normalized spacial score (nSPS) is 10.9. The Bertz CT molecular complexity index is 1000. The van der Waals surface area contributed by atoms with Gasteiger partial charge in [-0.1, -0.05) is 0 Å². The number of nitro groups is 1. The van der Waals surface area contributed by atoms with E-state index in [1.807, 2.05) is 5.38 Å². The third kappa shape index (κ3) is 4.41. The molecular weight excluding hydrogens is 436 g/mol. The smallest absolute Gasteiger partial charge is 0.269 e. The van der Waals surface area contributed by atoms with Gasteiger partial charge in [0.05, 0.1) is 28.4 Å². The molecule has 0 saturated carbocycles. The lowest BCUT2D eigenvalue weighted by Gasteiger charge is -2.06. The number of ether oxygens (including phenoxy) is 1. The molecule has 0 fully saturated rings. The standard InChI is InChI=1S/C17H13BrN4O4S/c1-26-15-7-10(6-13(18)16(15)23)8-19-21-17-20-14(9-27-17)11-2-4-12(5-3-11)22(24)25/h2-9,23H,1H3,(H,20,21)/b19-8+. The number of phenols is 1. The molecule has 0 aliphatic carbocycles. The second-order valence-electron chi connectivity index (χ2n) is 5.27. The van der Waals surface area contributed by atoms with Crippen molar-refractivity contribution in [2.75, 3.05) is 12.5 Å². The average molecular weight is 449 g/mol. The lowest BCUT2D eigenvalue weighted by molar-refractivity contribution is -0.384. The molecule has 10 heteroatoms. The van der Waals surface area contributed by atoms with E-state index in [-0.39, 0.29) is 11.4 Å². The fraction of sp³-hybridized carbons (Fsp3) is 0.0588. The van der Waals surface area contributed by atoms with Gasteiger partial charge in [0.25, 0.3) is 5.69 Å². The monoisotopic (exact) mass is 448 g/mol. The summed E-state index contributed by atoms with van der Waals surface area (Å²) in [5.41, 5.74) is 5.06. The van der Waals surface area contributed by atoms with Crippen LogP contribution in [-0.2, 0) is 0 Å². The van der Waals surface area contributed by atoms with Crippen LogP contribution in [0.15, 0.2) is 51.4 Å². The van der Waals surface area contributed by atoms with Crippen molar-refractivity contribution in [3.05, 3.63) is 61.9 Å². The lowest BCUT2D eigenvalue weighted by Crippen LogP contribution is -1.92. The summed E-state index contributed by atoms with van der Waals surface area (Å²) in [5, 5.41) is 27.0. The van der Waals surface area contributed by atoms with Gasteiger partial charge in [-0.2, -0.15) is 5.10 Å². The number of nitrogens with zero attached hydrogens (tertiary/aromatic N) is 3. The van der Waals surface area contributed by atoms with Gasteiger partial charge >= 0.3 is 0 Å². The topological polar surface area (TPSA) is 110 Å². The maximum Gasteiger partial charge on any atom is 0.269 e. The van der Waals surface area contributed by atoms with Crippen molar-refractivity contribution in [2.45, 2.75) is 0 Å². The van der Waals surface area contributed by atoms with Crippen LogP contribution >= 0.6 is 27.3 Å². The molecule has 1 aromatic heterocycles. The number of anilines is 1. The van der Waals surface area contributed by atoms with Gasteiger partial charge in [-0.3, -0.25) is 15.5 Å². The Balaban J connectivity index is 1.70. The maximum atomic E-state index is 10.7. The van der Waals surface area contributed by atoms with Crippen LogP contribution in [0.3, 0.4) is 0 Å². The van der Waals surface area contributed by atoms with Crippen molar-refractivity contribution >= 4 is 44.3 Å². The highest BCUT2D eigenvalue weighted by atomic mass is 79.9. The van der Waals surface area contributed by atoms with Gasteiger partial charge < -0.3 is 9.84 Å². The van der Waals surface area contributed by atoms with E-state index in [1.54, 1.807) is 30.5 Å². The zero-order valence-electron chi connectivity index (χ0n) is 13.9. The summed E-state index contributed by atoms with van der Waals surface area (Å²) in [6.07, 6.45) is 1.57. The predicted octanol–water partition coefficient (Wildman–Crippen LogP) is 4.64. The van der Waals surface area contributed by atoms with Gasteiger partial charge in [0.15, 0.2) is 11.5 Å². The highest BCUT2D eigenvalue weighted by Gasteiger charge is 2.09. The summed E-state index contributed by atoms with van der Waals surface area (Å²) in [7, 11) is 1.47. The number of phenolic OH excluding ortho intramolecular Hbond substituents is 1. The number of hydrogen-bond donors (Lipinski definition) is 2. The number of hydrazone groups is 1. The number of aromatic nitrogens is 1. The van der Waals surface area contributed by atoms with Gasteiger partial charge in [-0.05, 0) is 45.8 Å². The average Bonchev–Trinajstić information content (AvgIpc) is 3.13. The Hall–Kier alpha value is -2.98. The molecule has 0 unspecified atom stereocenters. The van der Waals surface area contributed by atoms with Crippen LogP contribution in [-0.4, -0.2) is 28.3 Å². The van der Waals surface area contributed by atoms with E-state index in [0.29, 0.717) is 21.0 Å². The predicted molar refractivity (Wildman–Crippen MR) is 108 cm³/mol. The summed E-state index contributed by atoms with van der Waals surface area (Å²) in [6, 6.07) is 9.54. The first-order chi connectivity index (χ1) is 13.0. The molecule has 27 heavy (non-hydrogen) atoms. The number of non-ortho nitro benzene ring substituents is 1. The molecule has 0 saturated heterocycles. The fourth-order valence-corrected chi connectivity index (χ4v) is 3.33. The third-order valence-corrected chi connectivity index (χ3v) is 4.87. The molecular formula is C17H13BrN4O4S. The van der Waals surface area contributed by atoms with Crippen molar-refractivity contribution in [1.29, 1.82) is 0 Å². The van der Waals surface area contributed by atoms with Crippen LogP contribution in [0.2, 0.25) is 0 Å². The molecule has 0 spiro atoms. The SMILES string of the molecule is COc1cc(/C=N/Nc2nc(-c3ccc([N+](=O)[O-])cc3)cs2)cc(Br)c1O. The second-order valence-corrected chi connectivity index (χ2v) is 6.98. The van der Waals surface area contributed by atoms with Crippen molar-refractivity contribution in [1.82, 2.24) is 4.98 Å². The molecule has 8 nitrogen and oxygen atoms in total. The summed E-state index contributed by atoms with van der Waals surface area (Å²) in [5.74, 6) is 0.357. The first-order valence-electron chi connectivity index (χ1n) is 7.54. The zero-order valence-corrected chi connectivity index (χ0v) is 16.3. The first-order valence-corrected chi connectivity index (χ1v) is 9.21. The van der Waals surface area contributed by atoms with E-state index < -0.39 is 4.92 Å². The largest absolute Gasteiger partial charge is 0.503 e. The number of thiazole rings is 1. The number of nitrogens with one attached hydrogen (secondary N) is 1. The Morgan fingerprint density at radius 2 is 2.11 bits per heavy atom. The maximum absolute atomic E-state index is 10.7.